The lowest BCUT2D eigenvalue weighted by atomic mass is 9.87. The summed E-state index contributed by atoms with van der Waals surface area (Å²) < 4.78 is 0. The van der Waals surface area contributed by atoms with Crippen LogP contribution in [0.5, 0.6) is 0 Å². The molecule has 0 bridgehead atoms. The predicted octanol–water partition coefficient (Wildman–Crippen LogP) is 3.39. The van der Waals surface area contributed by atoms with E-state index in [2.05, 4.69) is 17.5 Å². The van der Waals surface area contributed by atoms with Crippen molar-refractivity contribution in [1.29, 1.82) is 0 Å². The zero-order valence-electron chi connectivity index (χ0n) is 11.3. The second-order valence-electron chi connectivity index (χ2n) is 5.53. The van der Waals surface area contributed by atoms with E-state index in [-0.39, 0.29) is 5.78 Å². The van der Waals surface area contributed by atoms with E-state index in [4.69, 9.17) is 0 Å². The van der Waals surface area contributed by atoms with Crippen LogP contribution in [0, 0.1) is 5.92 Å². The van der Waals surface area contributed by atoms with Crippen molar-refractivity contribution in [2.24, 2.45) is 5.92 Å². The first-order valence-electron chi connectivity index (χ1n) is 7.47. The number of ketones is 1. The molecule has 0 aromatic heterocycles. The lowest BCUT2D eigenvalue weighted by Gasteiger charge is -2.21. The minimum Gasteiger partial charge on any atom is -0.310 e. The minimum atomic E-state index is 0.245. The van der Waals surface area contributed by atoms with Gasteiger partial charge in [0.15, 0.2) is 5.78 Å². The maximum Gasteiger partial charge on any atom is 0.176 e. The SMILES string of the molecule is O=C(CNCCC1CCCCC1)C1=CCCC=C1. The van der Waals surface area contributed by atoms with Gasteiger partial charge in [-0.05, 0) is 31.7 Å². The quantitative estimate of drug-likeness (QED) is 0.729. The third-order valence-electron chi connectivity index (χ3n) is 4.06. The summed E-state index contributed by atoms with van der Waals surface area (Å²) in [5.41, 5.74) is 0.895. The molecular formula is C16H25NO. The molecule has 0 radical (unpaired) electrons. The zero-order chi connectivity index (χ0) is 12.6. The van der Waals surface area contributed by atoms with Gasteiger partial charge in [-0.2, -0.15) is 0 Å². The highest BCUT2D eigenvalue weighted by atomic mass is 16.1. The summed E-state index contributed by atoms with van der Waals surface area (Å²) >= 11 is 0. The van der Waals surface area contributed by atoms with E-state index in [0.717, 1.165) is 30.9 Å². The van der Waals surface area contributed by atoms with E-state index in [0.29, 0.717) is 6.54 Å². The predicted molar refractivity (Wildman–Crippen MR) is 75.5 cm³/mol. The van der Waals surface area contributed by atoms with Crippen molar-refractivity contribution in [2.75, 3.05) is 13.1 Å². The molecule has 2 heteroatoms. The molecule has 100 valence electrons. The molecular weight excluding hydrogens is 222 g/mol. The fourth-order valence-corrected chi connectivity index (χ4v) is 2.91. The van der Waals surface area contributed by atoms with Gasteiger partial charge < -0.3 is 5.32 Å². The molecule has 0 aromatic rings. The number of nitrogens with one attached hydrogen (secondary N) is 1. The largest absolute Gasteiger partial charge is 0.310 e. The molecule has 18 heavy (non-hydrogen) atoms. The number of carbonyl (C=O) groups is 1. The summed E-state index contributed by atoms with van der Waals surface area (Å²) in [6.07, 6.45) is 16.5. The smallest absolute Gasteiger partial charge is 0.176 e. The van der Waals surface area contributed by atoms with E-state index >= 15 is 0 Å². The van der Waals surface area contributed by atoms with E-state index in [1.807, 2.05) is 6.08 Å². The Morgan fingerprint density at radius 1 is 1.22 bits per heavy atom. The summed E-state index contributed by atoms with van der Waals surface area (Å²) in [6.45, 7) is 1.50. The van der Waals surface area contributed by atoms with Gasteiger partial charge in [0.1, 0.15) is 0 Å². The fraction of sp³-hybridized carbons (Fsp3) is 0.688. The average molecular weight is 247 g/mol. The molecule has 2 nitrogen and oxygen atoms in total. The molecule has 2 rings (SSSR count). The van der Waals surface area contributed by atoms with Crippen LogP contribution in [-0.4, -0.2) is 18.9 Å². The molecule has 1 N–H and O–H groups in total. The van der Waals surface area contributed by atoms with E-state index in [9.17, 15) is 4.79 Å². The molecule has 0 heterocycles. The van der Waals surface area contributed by atoms with Gasteiger partial charge in [-0.1, -0.05) is 50.3 Å². The van der Waals surface area contributed by atoms with Crippen LogP contribution in [0.3, 0.4) is 0 Å². The van der Waals surface area contributed by atoms with Crippen LogP contribution >= 0.6 is 0 Å². The Balaban J connectivity index is 1.58. The van der Waals surface area contributed by atoms with Crippen LogP contribution in [0.2, 0.25) is 0 Å². The molecule has 0 spiro atoms. The van der Waals surface area contributed by atoms with E-state index in [1.54, 1.807) is 0 Å². The monoisotopic (exact) mass is 247 g/mol. The highest BCUT2D eigenvalue weighted by Gasteiger charge is 2.13. The summed E-state index contributed by atoms with van der Waals surface area (Å²) in [7, 11) is 0. The van der Waals surface area contributed by atoms with Gasteiger partial charge in [0.2, 0.25) is 0 Å². The first-order chi connectivity index (χ1) is 8.86. The number of allylic oxidation sites excluding steroid dienone is 3. The van der Waals surface area contributed by atoms with Gasteiger partial charge in [0.25, 0.3) is 0 Å². The maximum absolute atomic E-state index is 11.9. The van der Waals surface area contributed by atoms with Crippen molar-refractivity contribution >= 4 is 5.78 Å². The molecule has 1 fully saturated rings. The Labute approximate surface area is 111 Å². The first-order valence-corrected chi connectivity index (χ1v) is 7.47. The highest BCUT2D eigenvalue weighted by molar-refractivity contribution is 5.99. The lowest BCUT2D eigenvalue weighted by Crippen LogP contribution is -2.26. The first kappa shape index (κ1) is 13.5. The van der Waals surface area contributed by atoms with Gasteiger partial charge in [-0.3, -0.25) is 4.79 Å². The Morgan fingerprint density at radius 3 is 2.78 bits per heavy atom. The second-order valence-corrected chi connectivity index (χ2v) is 5.53. The molecule has 0 unspecified atom stereocenters. The Hall–Kier alpha value is -0.890. The number of hydrogen-bond acceptors (Lipinski definition) is 2. The highest BCUT2D eigenvalue weighted by Crippen LogP contribution is 2.25. The van der Waals surface area contributed by atoms with Gasteiger partial charge in [0, 0.05) is 5.57 Å². The number of Topliss-reactive ketones (excluding diaryl/α,β-unsaturated/α-hetero) is 1. The normalized spacial score (nSPS) is 20.8. The summed E-state index contributed by atoms with van der Waals surface area (Å²) in [5.74, 6) is 1.14. The average Bonchev–Trinajstić information content (AvgIpc) is 2.45. The molecule has 0 amide bonds. The second kappa shape index (κ2) is 7.52. The van der Waals surface area contributed by atoms with Crippen LogP contribution in [0.25, 0.3) is 0 Å². The molecule has 0 aromatic carbocycles. The summed E-state index contributed by atoms with van der Waals surface area (Å²) in [5, 5.41) is 3.31. The van der Waals surface area contributed by atoms with Crippen molar-refractivity contribution < 1.29 is 4.79 Å². The van der Waals surface area contributed by atoms with E-state index < -0.39 is 0 Å². The molecule has 0 aliphatic heterocycles. The Bertz CT molecular complexity index is 324. The summed E-state index contributed by atoms with van der Waals surface area (Å²) in [4.78, 5) is 11.9. The minimum absolute atomic E-state index is 0.245. The molecule has 1 saturated carbocycles. The molecule has 2 aliphatic rings. The van der Waals surface area contributed by atoms with Gasteiger partial charge >= 0.3 is 0 Å². The lowest BCUT2D eigenvalue weighted by molar-refractivity contribution is -0.114. The van der Waals surface area contributed by atoms with Crippen molar-refractivity contribution in [1.82, 2.24) is 5.32 Å². The maximum atomic E-state index is 11.9. The van der Waals surface area contributed by atoms with Crippen LogP contribution in [-0.2, 0) is 4.79 Å². The molecule has 2 aliphatic carbocycles. The number of rotatable bonds is 6. The standard InChI is InChI=1S/C16H25NO/c18-16(15-9-5-2-6-10-15)13-17-12-11-14-7-3-1-4-8-14/h5,9-10,14,17H,1-4,6-8,11-13H2. The fourth-order valence-electron chi connectivity index (χ4n) is 2.91. The van der Waals surface area contributed by atoms with Crippen LogP contribution in [0.4, 0.5) is 0 Å². The number of carbonyl (C=O) groups excluding carboxylic acids is 1. The van der Waals surface area contributed by atoms with Gasteiger partial charge in [-0.25, -0.2) is 0 Å². The zero-order valence-corrected chi connectivity index (χ0v) is 11.3. The molecule has 0 atom stereocenters. The Kier molecular flexibility index (Phi) is 5.66. The van der Waals surface area contributed by atoms with Crippen LogP contribution in [0.15, 0.2) is 23.8 Å². The third kappa shape index (κ3) is 4.41. The van der Waals surface area contributed by atoms with Crippen molar-refractivity contribution in [3.05, 3.63) is 23.8 Å². The van der Waals surface area contributed by atoms with Crippen LogP contribution in [0.1, 0.15) is 51.4 Å². The third-order valence-corrected chi connectivity index (χ3v) is 4.06. The summed E-state index contributed by atoms with van der Waals surface area (Å²) in [6, 6.07) is 0. The number of hydrogen-bond donors (Lipinski definition) is 1. The Morgan fingerprint density at radius 2 is 2.06 bits per heavy atom. The molecule has 0 saturated heterocycles. The van der Waals surface area contributed by atoms with E-state index in [1.165, 1.54) is 38.5 Å². The van der Waals surface area contributed by atoms with Gasteiger partial charge in [-0.15, -0.1) is 0 Å². The van der Waals surface area contributed by atoms with Crippen LogP contribution < -0.4 is 5.32 Å². The van der Waals surface area contributed by atoms with Crippen molar-refractivity contribution in [2.45, 2.75) is 51.4 Å². The topological polar surface area (TPSA) is 29.1 Å². The van der Waals surface area contributed by atoms with Crippen molar-refractivity contribution in [3.63, 3.8) is 0 Å². The van der Waals surface area contributed by atoms with Crippen molar-refractivity contribution in [3.8, 4) is 0 Å². The van der Waals surface area contributed by atoms with Gasteiger partial charge in [0.05, 0.1) is 6.54 Å².